The smallest absolute Gasteiger partial charge is 0.344 e. The molecule has 8 heteroatoms. The van der Waals surface area contributed by atoms with E-state index >= 15 is 0 Å². The van der Waals surface area contributed by atoms with Gasteiger partial charge in [-0.05, 0) is 25.1 Å². The molecule has 1 N–H and O–H groups in total. The van der Waals surface area contributed by atoms with Crippen molar-refractivity contribution in [3.05, 3.63) is 59.3 Å². The maximum atomic E-state index is 12.6. The van der Waals surface area contributed by atoms with Crippen LogP contribution in [0.2, 0.25) is 0 Å². The van der Waals surface area contributed by atoms with Gasteiger partial charge in [-0.15, -0.1) is 0 Å². The van der Waals surface area contributed by atoms with E-state index in [4.69, 9.17) is 23.4 Å². The van der Waals surface area contributed by atoms with Crippen molar-refractivity contribution >= 4 is 16.9 Å². The van der Waals surface area contributed by atoms with Crippen LogP contribution in [0.1, 0.15) is 6.92 Å². The second-order valence-corrected chi connectivity index (χ2v) is 6.35. The molecule has 0 fully saturated rings. The van der Waals surface area contributed by atoms with E-state index in [-0.39, 0.29) is 48.0 Å². The quantitative estimate of drug-likeness (QED) is 0.408. The number of fused-ring (bicyclic) bond motifs is 1. The Morgan fingerprint density at radius 3 is 2.68 bits per heavy atom. The molecule has 162 valence electrons. The van der Waals surface area contributed by atoms with Crippen LogP contribution < -0.4 is 19.6 Å². The zero-order chi connectivity index (χ0) is 22.4. The molecule has 8 nitrogen and oxygen atoms in total. The summed E-state index contributed by atoms with van der Waals surface area (Å²) in [6.07, 6.45) is 1.56. The molecule has 3 aromatic rings. The van der Waals surface area contributed by atoms with E-state index in [1.54, 1.807) is 31.2 Å². The first kappa shape index (κ1) is 21.8. The van der Waals surface area contributed by atoms with Crippen molar-refractivity contribution in [3.8, 4) is 34.3 Å². The minimum absolute atomic E-state index is 0.0435. The van der Waals surface area contributed by atoms with Gasteiger partial charge in [0.2, 0.25) is 0 Å². The SMILES string of the molecule is C=CCOc1cc(O)c2c(=O)cc(-c3ccc(OC)c(OCC(=O)OCC)c3)oc2c1. The van der Waals surface area contributed by atoms with Crippen LogP contribution in [-0.2, 0) is 9.53 Å². The third-order valence-corrected chi connectivity index (χ3v) is 4.25. The first-order valence-corrected chi connectivity index (χ1v) is 9.48. The average Bonchev–Trinajstić information content (AvgIpc) is 2.75. The van der Waals surface area contributed by atoms with Gasteiger partial charge in [-0.3, -0.25) is 4.79 Å². The van der Waals surface area contributed by atoms with Gasteiger partial charge in [0.05, 0.1) is 13.7 Å². The van der Waals surface area contributed by atoms with Gasteiger partial charge in [0, 0.05) is 23.8 Å². The zero-order valence-electron chi connectivity index (χ0n) is 17.2. The Kier molecular flexibility index (Phi) is 6.81. The fraction of sp³-hybridized carbons (Fsp3) is 0.217. The first-order chi connectivity index (χ1) is 15.0. The number of hydrogen-bond donors (Lipinski definition) is 1. The molecule has 0 atom stereocenters. The topological polar surface area (TPSA) is 104 Å². The molecule has 2 aromatic carbocycles. The molecular weight excluding hydrogens is 404 g/mol. The first-order valence-electron chi connectivity index (χ1n) is 9.48. The number of benzene rings is 2. The number of rotatable bonds is 9. The lowest BCUT2D eigenvalue weighted by molar-refractivity contribution is -0.145. The van der Waals surface area contributed by atoms with E-state index in [2.05, 4.69) is 6.58 Å². The number of aromatic hydroxyl groups is 1. The Morgan fingerprint density at radius 1 is 1.16 bits per heavy atom. The molecule has 0 radical (unpaired) electrons. The molecule has 0 saturated heterocycles. The minimum atomic E-state index is -0.519. The summed E-state index contributed by atoms with van der Waals surface area (Å²) in [5.74, 6) is 0.482. The molecule has 0 aliphatic carbocycles. The van der Waals surface area contributed by atoms with E-state index in [0.717, 1.165) is 0 Å². The van der Waals surface area contributed by atoms with Crippen molar-refractivity contribution in [3.63, 3.8) is 0 Å². The number of esters is 1. The highest BCUT2D eigenvalue weighted by Crippen LogP contribution is 2.35. The fourth-order valence-corrected chi connectivity index (χ4v) is 2.91. The molecular formula is C23H22O8. The van der Waals surface area contributed by atoms with Crippen molar-refractivity contribution < 1.29 is 33.3 Å². The van der Waals surface area contributed by atoms with Gasteiger partial charge in [0.1, 0.15) is 34.8 Å². The normalized spacial score (nSPS) is 10.5. The molecule has 0 unspecified atom stereocenters. The Labute approximate surface area is 178 Å². The lowest BCUT2D eigenvalue weighted by Gasteiger charge is -2.12. The summed E-state index contributed by atoms with van der Waals surface area (Å²) in [5, 5.41) is 10.3. The summed E-state index contributed by atoms with van der Waals surface area (Å²) in [5.41, 5.74) is 0.246. The van der Waals surface area contributed by atoms with Crippen LogP contribution in [-0.4, -0.2) is 38.0 Å². The van der Waals surface area contributed by atoms with Crippen LogP contribution >= 0.6 is 0 Å². The molecule has 0 aliphatic heterocycles. The number of carbonyl (C=O) groups excluding carboxylic acids is 1. The van der Waals surface area contributed by atoms with Crippen molar-refractivity contribution in [2.75, 3.05) is 26.9 Å². The second kappa shape index (κ2) is 9.71. The predicted molar refractivity (Wildman–Crippen MR) is 114 cm³/mol. The van der Waals surface area contributed by atoms with E-state index in [9.17, 15) is 14.7 Å². The molecule has 0 bridgehead atoms. The molecule has 3 rings (SSSR count). The van der Waals surface area contributed by atoms with Gasteiger partial charge in [-0.2, -0.15) is 0 Å². The highest BCUT2D eigenvalue weighted by Gasteiger charge is 2.15. The number of phenols is 1. The lowest BCUT2D eigenvalue weighted by atomic mass is 10.1. The summed E-state index contributed by atoms with van der Waals surface area (Å²) in [4.78, 5) is 24.2. The number of phenolic OH excluding ortho intramolecular Hbond substituents is 1. The molecule has 0 spiro atoms. The minimum Gasteiger partial charge on any atom is -0.507 e. The van der Waals surface area contributed by atoms with E-state index in [1.807, 2.05) is 0 Å². The Hall–Kier alpha value is -3.94. The van der Waals surface area contributed by atoms with E-state index in [1.165, 1.54) is 25.3 Å². The average molecular weight is 426 g/mol. The highest BCUT2D eigenvalue weighted by molar-refractivity contribution is 5.86. The van der Waals surface area contributed by atoms with Crippen molar-refractivity contribution in [1.29, 1.82) is 0 Å². The number of ether oxygens (including phenoxy) is 4. The Bertz CT molecular complexity index is 1160. The summed E-state index contributed by atoms with van der Waals surface area (Å²) in [6, 6.07) is 9.02. The number of hydrogen-bond acceptors (Lipinski definition) is 8. The van der Waals surface area contributed by atoms with Gasteiger partial charge >= 0.3 is 5.97 Å². The van der Waals surface area contributed by atoms with Crippen LogP contribution in [0.3, 0.4) is 0 Å². The maximum Gasteiger partial charge on any atom is 0.344 e. The maximum absolute atomic E-state index is 12.6. The van der Waals surface area contributed by atoms with E-state index < -0.39 is 11.4 Å². The van der Waals surface area contributed by atoms with Crippen LogP contribution in [0, 0.1) is 0 Å². The van der Waals surface area contributed by atoms with Gasteiger partial charge in [-0.1, -0.05) is 12.7 Å². The van der Waals surface area contributed by atoms with Gasteiger partial charge in [0.25, 0.3) is 0 Å². The van der Waals surface area contributed by atoms with Gasteiger partial charge in [-0.25, -0.2) is 4.79 Å². The summed E-state index contributed by atoms with van der Waals surface area (Å²) >= 11 is 0. The summed E-state index contributed by atoms with van der Waals surface area (Å²) < 4.78 is 26.9. The van der Waals surface area contributed by atoms with Crippen LogP contribution in [0.4, 0.5) is 0 Å². The molecule has 0 amide bonds. The van der Waals surface area contributed by atoms with Crippen LogP contribution in [0.25, 0.3) is 22.3 Å². The van der Waals surface area contributed by atoms with Gasteiger partial charge in [0.15, 0.2) is 23.5 Å². The summed E-state index contributed by atoms with van der Waals surface area (Å²) in [7, 11) is 1.47. The standard InChI is InChI=1S/C23H22O8/c1-4-8-29-15-10-16(24)23-17(25)12-19(31-21(23)11-15)14-6-7-18(27-3)20(9-14)30-13-22(26)28-5-2/h4,6-7,9-12,24H,1,5,8,13H2,2-3H3. The van der Waals surface area contributed by atoms with Crippen molar-refractivity contribution in [1.82, 2.24) is 0 Å². The van der Waals surface area contributed by atoms with Crippen molar-refractivity contribution in [2.24, 2.45) is 0 Å². The largest absolute Gasteiger partial charge is 0.507 e. The fourth-order valence-electron chi connectivity index (χ4n) is 2.91. The van der Waals surface area contributed by atoms with Crippen LogP contribution in [0.15, 0.2) is 58.3 Å². The number of carbonyl (C=O) groups is 1. The van der Waals surface area contributed by atoms with Gasteiger partial charge < -0.3 is 28.5 Å². The Morgan fingerprint density at radius 2 is 1.97 bits per heavy atom. The molecule has 1 heterocycles. The third-order valence-electron chi connectivity index (χ3n) is 4.25. The Balaban J connectivity index is 2.02. The van der Waals surface area contributed by atoms with E-state index in [0.29, 0.717) is 17.1 Å². The second-order valence-electron chi connectivity index (χ2n) is 6.35. The van der Waals surface area contributed by atoms with Crippen LogP contribution in [0.5, 0.6) is 23.0 Å². The molecule has 0 saturated carbocycles. The number of methoxy groups -OCH3 is 1. The molecule has 0 aliphatic rings. The molecule has 1 aromatic heterocycles. The molecule has 31 heavy (non-hydrogen) atoms. The predicted octanol–water partition coefficient (Wildman–Crippen LogP) is 3.68. The zero-order valence-corrected chi connectivity index (χ0v) is 17.2. The van der Waals surface area contributed by atoms with Crippen molar-refractivity contribution in [2.45, 2.75) is 6.92 Å². The monoisotopic (exact) mass is 426 g/mol. The summed E-state index contributed by atoms with van der Waals surface area (Å²) in [6.45, 7) is 5.45. The highest BCUT2D eigenvalue weighted by atomic mass is 16.6. The third kappa shape index (κ3) is 4.98. The lowest BCUT2D eigenvalue weighted by Crippen LogP contribution is -2.14.